The molecule has 0 spiro atoms. The molecule has 0 radical (unpaired) electrons. The number of aliphatic hydroxyl groups is 1. The highest BCUT2D eigenvalue weighted by molar-refractivity contribution is 7.16. The molecule has 1 saturated heterocycles. The molecule has 12 heteroatoms. The largest absolute Gasteiger partial charge is 0.435 e. The van der Waals surface area contributed by atoms with Crippen LogP contribution in [0.25, 0.3) is 0 Å². The summed E-state index contributed by atoms with van der Waals surface area (Å²) in [7, 11) is 0. The SMILES string of the molecule is O=C(NC1CCN(C2CC2)C1O)c1sc(C2=NOC(c3cc(Cl)cc(Cl)c3)(C(F)(F)F)C2)c2c1CCCC2. The van der Waals surface area contributed by atoms with Crippen molar-refractivity contribution in [2.45, 2.75) is 81.5 Å². The maximum Gasteiger partial charge on any atom is 0.435 e. The highest BCUT2D eigenvalue weighted by Gasteiger charge is 2.62. The summed E-state index contributed by atoms with van der Waals surface area (Å²) in [5.74, 6) is -0.302. The maximum absolute atomic E-state index is 14.5. The second-order valence-corrected chi connectivity index (χ2v) is 12.4. The number of oxime groups is 1. The quantitative estimate of drug-likeness (QED) is 0.463. The number of rotatable bonds is 5. The molecule has 3 atom stereocenters. The van der Waals surface area contributed by atoms with E-state index in [0.29, 0.717) is 35.1 Å². The second-order valence-electron chi connectivity index (χ2n) is 10.5. The maximum atomic E-state index is 14.5. The Bertz CT molecular complexity index is 1290. The number of benzene rings is 1. The van der Waals surface area contributed by atoms with Gasteiger partial charge in [-0.25, -0.2) is 0 Å². The molecule has 3 unspecified atom stereocenters. The minimum atomic E-state index is -4.80. The molecule has 0 bridgehead atoms. The van der Waals surface area contributed by atoms with Crippen molar-refractivity contribution in [1.82, 2.24) is 10.2 Å². The number of likely N-dealkylation sites (tertiary alicyclic amines) is 1. The minimum Gasteiger partial charge on any atom is -0.376 e. The summed E-state index contributed by atoms with van der Waals surface area (Å²) in [6.07, 6.45) is -0.231. The zero-order valence-corrected chi connectivity index (χ0v) is 22.6. The summed E-state index contributed by atoms with van der Waals surface area (Å²) in [6, 6.07) is 3.75. The van der Waals surface area contributed by atoms with Gasteiger partial charge < -0.3 is 15.3 Å². The van der Waals surface area contributed by atoms with Crippen molar-refractivity contribution < 1.29 is 27.9 Å². The molecule has 2 N–H and O–H groups in total. The molecule has 1 saturated carbocycles. The molecule has 204 valence electrons. The summed E-state index contributed by atoms with van der Waals surface area (Å²) < 4.78 is 43.5. The molecular weight excluding hydrogens is 562 g/mol. The number of carbonyl (C=O) groups excluding carboxylic acids is 1. The number of aliphatic hydroxyl groups excluding tert-OH is 1. The van der Waals surface area contributed by atoms with E-state index in [1.165, 1.54) is 18.2 Å². The zero-order chi connectivity index (χ0) is 26.8. The van der Waals surface area contributed by atoms with Gasteiger partial charge in [-0.3, -0.25) is 9.69 Å². The van der Waals surface area contributed by atoms with Crippen molar-refractivity contribution in [3.05, 3.63) is 54.7 Å². The average molecular weight is 588 g/mol. The monoisotopic (exact) mass is 587 g/mol. The standard InChI is InChI=1S/C26H26Cl2F3N3O3S/c27-14-9-13(10-15(28)11-14)25(26(29,30)31)12-20(33-37-25)21-17-3-1-2-4-18(17)22(38-21)23(35)32-19-7-8-34(24(19)36)16-5-6-16/h9-11,16,19,24,36H,1-8,12H2,(H,32,35). The third-order valence-corrected chi connectivity index (χ3v) is 9.69. The van der Waals surface area contributed by atoms with Crippen LogP contribution < -0.4 is 5.32 Å². The number of alkyl halides is 3. The summed E-state index contributed by atoms with van der Waals surface area (Å²) in [5.41, 5.74) is -1.08. The van der Waals surface area contributed by atoms with E-state index in [0.717, 1.165) is 54.7 Å². The number of thiophene rings is 1. The first-order valence-corrected chi connectivity index (χ1v) is 14.3. The van der Waals surface area contributed by atoms with E-state index in [4.69, 9.17) is 28.0 Å². The lowest BCUT2D eigenvalue weighted by atomic mass is 9.85. The number of fused-ring (bicyclic) bond motifs is 1. The van der Waals surface area contributed by atoms with E-state index in [-0.39, 0.29) is 33.3 Å². The molecule has 6 nitrogen and oxygen atoms in total. The van der Waals surface area contributed by atoms with E-state index in [1.807, 2.05) is 4.90 Å². The summed E-state index contributed by atoms with van der Waals surface area (Å²) in [5, 5.41) is 17.8. The van der Waals surface area contributed by atoms with Crippen LogP contribution in [-0.2, 0) is 23.3 Å². The van der Waals surface area contributed by atoms with Crippen LogP contribution in [0, 0.1) is 0 Å². The molecule has 2 aromatic rings. The molecule has 2 fully saturated rings. The lowest BCUT2D eigenvalue weighted by molar-refractivity contribution is -0.275. The number of nitrogens with zero attached hydrogens (tertiary/aromatic N) is 2. The lowest BCUT2D eigenvalue weighted by Gasteiger charge is -2.29. The van der Waals surface area contributed by atoms with Crippen molar-refractivity contribution in [3.8, 4) is 0 Å². The fourth-order valence-corrected chi connectivity index (χ4v) is 7.65. The van der Waals surface area contributed by atoms with Crippen molar-refractivity contribution >= 4 is 46.2 Å². The smallest absolute Gasteiger partial charge is 0.376 e. The van der Waals surface area contributed by atoms with Crippen molar-refractivity contribution in [2.75, 3.05) is 6.54 Å². The molecule has 2 aliphatic heterocycles. The van der Waals surface area contributed by atoms with Crippen LogP contribution in [0.15, 0.2) is 23.4 Å². The van der Waals surface area contributed by atoms with Gasteiger partial charge in [-0.1, -0.05) is 28.4 Å². The molecule has 6 rings (SSSR count). The van der Waals surface area contributed by atoms with Gasteiger partial charge in [0, 0.05) is 28.2 Å². The molecule has 1 aromatic heterocycles. The fraction of sp³-hybridized carbons (Fsp3) is 0.538. The first kappa shape index (κ1) is 26.4. The third kappa shape index (κ3) is 4.52. The number of nitrogens with one attached hydrogen (secondary N) is 1. The van der Waals surface area contributed by atoms with E-state index in [1.54, 1.807) is 0 Å². The Morgan fingerprint density at radius 1 is 1.13 bits per heavy atom. The molecular formula is C26H26Cl2F3N3O3S. The fourth-order valence-electron chi connectivity index (χ4n) is 5.85. The van der Waals surface area contributed by atoms with Crippen LogP contribution in [0.4, 0.5) is 13.2 Å². The van der Waals surface area contributed by atoms with Gasteiger partial charge in [0.05, 0.1) is 22.2 Å². The van der Waals surface area contributed by atoms with Gasteiger partial charge in [0.15, 0.2) is 0 Å². The van der Waals surface area contributed by atoms with Crippen LogP contribution >= 0.6 is 34.5 Å². The van der Waals surface area contributed by atoms with Gasteiger partial charge in [0.2, 0.25) is 0 Å². The average Bonchev–Trinajstić information content (AvgIpc) is 3.30. The normalized spacial score (nSPS) is 27.7. The Labute approximate surface area is 231 Å². The van der Waals surface area contributed by atoms with Gasteiger partial charge in [-0.05, 0) is 74.3 Å². The molecule has 3 heterocycles. The Morgan fingerprint density at radius 2 is 1.82 bits per heavy atom. The van der Waals surface area contributed by atoms with Crippen molar-refractivity contribution in [2.24, 2.45) is 5.16 Å². The highest BCUT2D eigenvalue weighted by Crippen LogP contribution is 2.51. The van der Waals surface area contributed by atoms with E-state index < -0.39 is 24.4 Å². The van der Waals surface area contributed by atoms with E-state index in [2.05, 4.69) is 10.5 Å². The van der Waals surface area contributed by atoms with Gasteiger partial charge in [-0.15, -0.1) is 11.3 Å². The lowest BCUT2D eigenvalue weighted by Crippen LogP contribution is -2.45. The third-order valence-electron chi connectivity index (χ3n) is 7.93. The van der Waals surface area contributed by atoms with Crippen molar-refractivity contribution in [3.63, 3.8) is 0 Å². The number of hydrogen-bond acceptors (Lipinski definition) is 6. The summed E-state index contributed by atoms with van der Waals surface area (Å²) in [6.45, 7) is 0.728. The summed E-state index contributed by atoms with van der Waals surface area (Å²) in [4.78, 5) is 21.7. The molecule has 1 amide bonds. The Morgan fingerprint density at radius 3 is 2.47 bits per heavy atom. The number of halogens is 5. The molecule has 2 aliphatic carbocycles. The number of amides is 1. The Kier molecular flexibility index (Phi) is 6.70. The molecule has 38 heavy (non-hydrogen) atoms. The number of carbonyl (C=O) groups is 1. The van der Waals surface area contributed by atoms with Crippen LogP contribution in [0.3, 0.4) is 0 Å². The van der Waals surface area contributed by atoms with Crippen LogP contribution in [-0.4, -0.2) is 52.7 Å². The topological polar surface area (TPSA) is 74.2 Å². The predicted molar refractivity (Wildman–Crippen MR) is 139 cm³/mol. The summed E-state index contributed by atoms with van der Waals surface area (Å²) >= 11 is 13.2. The molecule has 1 aromatic carbocycles. The van der Waals surface area contributed by atoms with Crippen LogP contribution in [0.1, 0.15) is 69.8 Å². The number of hydrogen-bond donors (Lipinski definition) is 2. The van der Waals surface area contributed by atoms with Crippen LogP contribution in [0.2, 0.25) is 10.0 Å². The van der Waals surface area contributed by atoms with E-state index >= 15 is 0 Å². The van der Waals surface area contributed by atoms with Gasteiger partial charge in [0.25, 0.3) is 11.5 Å². The van der Waals surface area contributed by atoms with E-state index in [9.17, 15) is 23.1 Å². The predicted octanol–water partition coefficient (Wildman–Crippen LogP) is 5.80. The molecule has 4 aliphatic rings. The van der Waals surface area contributed by atoms with Gasteiger partial charge in [0.1, 0.15) is 11.9 Å². The minimum absolute atomic E-state index is 0.0648. The zero-order valence-electron chi connectivity index (χ0n) is 20.3. The first-order chi connectivity index (χ1) is 18.1. The first-order valence-electron chi connectivity index (χ1n) is 12.8. The van der Waals surface area contributed by atoms with Crippen molar-refractivity contribution in [1.29, 1.82) is 0 Å². The highest BCUT2D eigenvalue weighted by atomic mass is 35.5. The van der Waals surface area contributed by atoms with Gasteiger partial charge in [-0.2, -0.15) is 13.2 Å². The van der Waals surface area contributed by atoms with Gasteiger partial charge >= 0.3 is 6.18 Å². The Balaban J connectivity index is 1.30. The Hall–Kier alpha value is -1.85. The van der Waals surface area contributed by atoms with Crippen LogP contribution in [0.5, 0.6) is 0 Å². The second kappa shape index (κ2) is 9.66.